The molecule has 2 aromatic heterocycles. The zero-order chi connectivity index (χ0) is 14.7. The molecule has 3 rings (SSSR count). The molecule has 1 N–H and O–H groups in total. The first-order valence-electron chi connectivity index (χ1n) is 7.62. The van der Waals surface area contributed by atoms with Crippen molar-refractivity contribution in [3.8, 4) is 0 Å². The highest BCUT2D eigenvalue weighted by atomic mass is 16.2. The molecule has 0 unspecified atom stereocenters. The Morgan fingerprint density at radius 2 is 2.33 bits per heavy atom. The molecule has 2 amide bonds. The zero-order valence-corrected chi connectivity index (χ0v) is 12.3. The summed E-state index contributed by atoms with van der Waals surface area (Å²) in [5.41, 5.74) is 0.861. The fourth-order valence-corrected chi connectivity index (χ4v) is 2.85. The fourth-order valence-electron chi connectivity index (χ4n) is 2.85. The number of piperidine rings is 1. The molecule has 0 bridgehead atoms. The van der Waals surface area contributed by atoms with Crippen LogP contribution < -0.4 is 5.32 Å². The van der Waals surface area contributed by atoms with Crippen LogP contribution in [-0.2, 0) is 0 Å². The molecule has 3 heterocycles. The van der Waals surface area contributed by atoms with Crippen LogP contribution in [0.4, 0.5) is 4.79 Å². The summed E-state index contributed by atoms with van der Waals surface area (Å²) in [5.74, 6) is 1.21. The predicted molar refractivity (Wildman–Crippen MR) is 80.2 cm³/mol. The average Bonchev–Trinajstić information content (AvgIpc) is 2.97. The fraction of sp³-hybridized carbons (Fsp3) is 0.533. The standard InChI is InChI=1S/C15H21N5O/c1-2-8-16-15(21)19-9-5-6-12(11-19)14-18-17-13-7-3-4-10-20(13)14/h3-4,7,10,12H,2,5-6,8-9,11H2,1H3,(H,16,21)/t12-/m1/s1. The number of pyridine rings is 1. The number of aromatic nitrogens is 3. The highest BCUT2D eigenvalue weighted by Crippen LogP contribution is 2.25. The molecule has 1 atom stereocenters. The van der Waals surface area contributed by atoms with Gasteiger partial charge in [-0.3, -0.25) is 4.40 Å². The SMILES string of the molecule is CCCNC(=O)N1CCC[C@@H](c2nnc3ccccn23)C1. The molecule has 1 fully saturated rings. The van der Waals surface area contributed by atoms with Gasteiger partial charge in [0.15, 0.2) is 5.65 Å². The van der Waals surface area contributed by atoms with E-state index in [1.807, 2.05) is 33.7 Å². The molecule has 2 aromatic rings. The molecule has 1 aliphatic rings. The van der Waals surface area contributed by atoms with E-state index in [0.717, 1.165) is 43.8 Å². The Bertz CT molecular complexity index is 623. The Balaban J connectivity index is 1.75. The number of carbonyl (C=O) groups excluding carboxylic acids is 1. The summed E-state index contributed by atoms with van der Waals surface area (Å²) < 4.78 is 2.03. The Labute approximate surface area is 124 Å². The molecule has 0 aromatic carbocycles. The molecular weight excluding hydrogens is 266 g/mol. The Hall–Kier alpha value is -2.11. The van der Waals surface area contributed by atoms with E-state index in [2.05, 4.69) is 22.4 Å². The molecule has 0 aliphatic carbocycles. The monoisotopic (exact) mass is 287 g/mol. The highest BCUT2D eigenvalue weighted by molar-refractivity contribution is 5.74. The van der Waals surface area contributed by atoms with Crippen LogP contribution in [0.25, 0.3) is 5.65 Å². The number of nitrogens with zero attached hydrogens (tertiary/aromatic N) is 4. The normalized spacial score (nSPS) is 18.9. The van der Waals surface area contributed by atoms with Gasteiger partial charge in [0.2, 0.25) is 0 Å². The van der Waals surface area contributed by atoms with Crippen LogP contribution in [0.3, 0.4) is 0 Å². The molecular formula is C15H21N5O. The minimum atomic E-state index is 0.0374. The van der Waals surface area contributed by atoms with E-state index in [1.54, 1.807) is 0 Å². The lowest BCUT2D eigenvalue weighted by Crippen LogP contribution is -2.45. The van der Waals surface area contributed by atoms with Crippen molar-refractivity contribution in [2.75, 3.05) is 19.6 Å². The van der Waals surface area contributed by atoms with Crippen LogP contribution >= 0.6 is 0 Å². The van der Waals surface area contributed by atoms with Crippen LogP contribution in [0.15, 0.2) is 24.4 Å². The third-order valence-corrected chi connectivity index (χ3v) is 3.94. The minimum absolute atomic E-state index is 0.0374. The van der Waals surface area contributed by atoms with Crippen molar-refractivity contribution in [2.24, 2.45) is 0 Å². The molecule has 1 saturated heterocycles. The number of likely N-dealkylation sites (tertiary alicyclic amines) is 1. The van der Waals surface area contributed by atoms with Crippen molar-refractivity contribution in [2.45, 2.75) is 32.1 Å². The second-order valence-electron chi connectivity index (χ2n) is 5.50. The van der Waals surface area contributed by atoms with E-state index in [-0.39, 0.29) is 11.9 Å². The summed E-state index contributed by atoms with van der Waals surface area (Å²) in [5, 5.41) is 11.5. The van der Waals surface area contributed by atoms with Gasteiger partial charge in [0.1, 0.15) is 5.82 Å². The molecule has 0 radical (unpaired) electrons. The van der Waals surface area contributed by atoms with E-state index >= 15 is 0 Å². The Morgan fingerprint density at radius 3 is 3.19 bits per heavy atom. The third kappa shape index (κ3) is 2.84. The third-order valence-electron chi connectivity index (χ3n) is 3.94. The van der Waals surface area contributed by atoms with Crippen molar-refractivity contribution in [1.82, 2.24) is 24.8 Å². The summed E-state index contributed by atoms with van der Waals surface area (Å²) in [7, 11) is 0. The number of carbonyl (C=O) groups is 1. The topological polar surface area (TPSA) is 62.5 Å². The van der Waals surface area contributed by atoms with E-state index in [0.29, 0.717) is 6.54 Å². The quantitative estimate of drug-likeness (QED) is 0.939. The van der Waals surface area contributed by atoms with Gasteiger partial charge in [-0.05, 0) is 31.4 Å². The van der Waals surface area contributed by atoms with Gasteiger partial charge in [0.05, 0.1) is 0 Å². The lowest BCUT2D eigenvalue weighted by molar-refractivity contribution is 0.178. The van der Waals surface area contributed by atoms with Gasteiger partial charge in [-0.2, -0.15) is 0 Å². The summed E-state index contributed by atoms with van der Waals surface area (Å²) >= 11 is 0. The van der Waals surface area contributed by atoms with Crippen LogP contribution in [0, 0.1) is 0 Å². The average molecular weight is 287 g/mol. The maximum atomic E-state index is 12.1. The Kier molecular flexibility index (Phi) is 4.03. The van der Waals surface area contributed by atoms with E-state index in [1.165, 1.54) is 0 Å². The minimum Gasteiger partial charge on any atom is -0.338 e. The van der Waals surface area contributed by atoms with Gasteiger partial charge >= 0.3 is 6.03 Å². The molecule has 0 saturated carbocycles. The summed E-state index contributed by atoms with van der Waals surface area (Å²) in [6.45, 7) is 4.32. The molecule has 0 spiro atoms. The highest BCUT2D eigenvalue weighted by Gasteiger charge is 2.27. The van der Waals surface area contributed by atoms with E-state index in [4.69, 9.17) is 0 Å². The number of fused-ring (bicyclic) bond motifs is 1. The summed E-state index contributed by atoms with van der Waals surface area (Å²) in [6.07, 6.45) is 5.00. The number of urea groups is 1. The number of amides is 2. The van der Waals surface area contributed by atoms with Crippen molar-refractivity contribution >= 4 is 11.7 Å². The van der Waals surface area contributed by atoms with Crippen LogP contribution in [0.2, 0.25) is 0 Å². The molecule has 112 valence electrons. The molecule has 6 nitrogen and oxygen atoms in total. The Morgan fingerprint density at radius 1 is 1.43 bits per heavy atom. The van der Waals surface area contributed by atoms with Gasteiger partial charge < -0.3 is 10.2 Å². The zero-order valence-electron chi connectivity index (χ0n) is 12.3. The van der Waals surface area contributed by atoms with Crippen molar-refractivity contribution in [3.05, 3.63) is 30.2 Å². The van der Waals surface area contributed by atoms with Gasteiger partial charge in [-0.1, -0.05) is 13.0 Å². The number of nitrogens with one attached hydrogen (secondary N) is 1. The lowest BCUT2D eigenvalue weighted by Gasteiger charge is -2.32. The first-order valence-corrected chi connectivity index (χ1v) is 7.62. The second kappa shape index (κ2) is 6.11. The maximum absolute atomic E-state index is 12.1. The van der Waals surface area contributed by atoms with Gasteiger partial charge in [-0.25, -0.2) is 4.79 Å². The summed E-state index contributed by atoms with van der Waals surface area (Å²) in [6, 6.07) is 5.92. The van der Waals surface area contributed by atoms with Gasteiger partial charge in [0.25, 0.3) is 0 Å². The first kappa shape index (κ1) is 13.9. The van der Waals surface area contributed by atoms with Crippen molar-refractivity contribution in [3.63, 3.8) is 0 Å². The first-order chi connectivity index (χ1) is 10.3. The van der Waals surface area contributed by atoms with Crippen LogP contribution in [0.5, 0.6) is 0 Å². The maximum Gasteiger partial charge on any atom is 0.317 e. The largest absolute Gasteiger partial charge is 0.338 e. The lowest BCUT2D eigenvalue weighted by atomic mass is 9.97. The van der Waals surface area contributed by atoms with Crippen LogP contribution in [0.1, 0.15) is 37.9 Å². The van der Waals surface area contributed by atoms with Crippen molar-refractivity contribution in [1.29, 1.82) is 0 Å². The molecule has 6 heteroatoms. The van der Waals surface area contributed by atoms with E-state index < -0.39 is 0 Å². The predicted octanol–water partition coefficient (Wildman–Crippen LogP) is 2.03. The van der Waals surface area contributed by atoms with Gasteiger partial charge in [-0.15, -0.1) is 10.2 Å². The molecule has 21 heavy (non-hydrogen) atoms. The van der Waals surface area contributed by atoms with Crippen LogP contribution in [-0.4, -0.2) is 45.2 Å². The number of hydrogen-bond donors (Lipinski definition) is 1. The summed E-state index contributed by atoms with van der Waals surface area (Å²) in [4.78, 5) is 14.0. The second-order valence-corrected chi connectivity index (χ2v) is 5.50. The van der Waals surface area contributed by atoms with Crippen molar-refractivity contribution < 1.29 is 4.79 Å². The van der Waals surface area contributed by atoms with Gasteiger partial charge in [0, 0.05) is 31.7 Å². The van der Waals surface area contributed by atoms with E-state index in [9.17, 15) is 4.79 Å². The number of rotatable bonds is 3. The smallest absolute Gasteiger partial charge is 0.317 e. The molecule has 1 aliphatic heterocycles. The number of hydrogen-bond acceptors (Lipinski definition) is 3.